The number of rotatable bonds is 6. The molecule has 3 heterocycles. The Bertz CT molecular complexity index is 3450. The molecule has 12 rings (SSSR count). The van der Waals surface area contributed by atoms with Gasteiger partial charge in [-0.05, 0) is 64.1 Å². The monoisotopic (exact) mass is 769 g/mol. The van der Waals surface area contributed by atoms with E-state index in [1.54, 1.807) is 0 Å². The van der Waals surface area contributed by atoms with Gasteiger partial charge in [-0.15, -0.1) is 0 Å². The first-order chi connectivity index (χ1) is 29.7. The maximum absolute atomic E-state index is 6.90. The SMILES string of the molecule is C1=C(c2ccccc2)c2ccccc2C(c2ccc(-c3nc(-c4ccc(-c5ccccc5)cc4)nc(-c4cccc5oc6ccccc6c45)n3)c3c2oc2ccccc23)C1. The number of para-hydroxylation sites is 2. The van der Waals surface area contributed by atoms with Crippen LogP contribution in [-0.4, -0.2) is 15.0 Å². The molecule has 11 aromatic rings. The topological polar surface area (TPSA) is 65.0 Å². The van der Waals surface area contributed by atoms with Gasteiger partial charge in [0.15, 0.2) is 17.5 Å². The van der Waals surface area contributed by atoms with Gasteiger partial charge in [-0.25, -0.2) is 15.0 Å². The smallest absolute Gasteiger partial charge is 0.164 e. The van der Waals surface area contributed by atoms with Crippen LogP contribution in [0.3, 0.4) is 0 Å². The predicted octanol–water partition coefficient (Wildman–Crippen LogP) is 14.3. The molecule has 0 bridgehead atoms. The molecule has 282 valence electrons. The quantitative estimate of drug-likeness (QED) is 0.168. The van der Waals surface area contributed by atoms with Crippen LogP contribution in [0.2, 0.25) is 0 Å². The highest BCUT2D eigenvalue weighted by Crippen LogP contribution is 2.47. The van der Waals surface area contributed by atoms with Crippen molar-refractivity contribution in [3.63, 3.8) is 0 Å². The van der Waals surface area contributed by atoms with Crippen molar-refractivity contribution in [3.05, 3.63) is 216 Å². The molecule has 0 spiro atoms. The van der Waals surface area contributed by atoms with E-state index in [0.717, 1.165) is 83.7 Å². The summed E-state index contributed by atoms with van der Waals surface area (Å²) >= 11 is 0. The van der Waals surface area contributed by atoms with Gasteiger partial charge in [-0.2, -0.15) is 0 Å². The number of furan rings is 2. The summed E-state index contributed by atoms with van der Waals surface area (Å²) in [6.07, 6.45) is 3.23. The van der Waals surface area contributed by atoms with E-state index in [-0.39, 0.29) is 5.92 Å². The molecule has 0 N–H and O–H groups in total. The van der Waals surface area contributed by atoms with Crippen LogP contribution in [0.15, 0.2) is 203 Å². The molecule has 1 aliphatic carbocycles. The number of fused-ring (bicyclic) bond motifs is 7. The van der Waals surface area contributed by atoms with Crippen molar-refractivity contribution in [2.75, 3.05) is 0 Å². The first-order valence-electron chi connectivity index (χ1n) is 20.4. The van der Waals surface area contributed by atoms with Crippen molar-refractivity contribution in [3.8, 4) is 45.3 Å². The third-order valence-electron chi connectivity index (χ3n) is 12.0. The zero-order valence-corrected chi connectivity index (χ0v) is 32.4. The summed E-state index contributed by atoms with van der Waals surface area (Å²) in [5, 5.41) is 4.01. The molecule has 8 aromatic carbocycles. The van der Waals surface area contributed by atoms with Crippen molar-refractivity contribution in [1.29, 1.82) is 0 Å². The summed E-state index contributed by atoms with van der Waals surface area (Å²) in [5.41, 5.74) is 14.4. The average Bonchev–Trinajstić information content (AvgIpc) is 3.91. The summed E-state index contributed by atoms with van der Waals surface area (Å²) in [7, 11) is 0. The molecule has 0 fully saturated rings. The number of nitrogens with zero attached hydrogens (tertiary/aromatic N) is 3. The lowest BCUT2D eigenvalue weighted by molar-refractivity contribution is 0.655. The van der Waals surface area contributed by atoms with Crippen LogP contribution in [0, 0.1) is 0 Å². The van der Waals surface area contributed by atoms with Crippen molar-refractivity contribution >= 4 is 49.5 Å². The number of benzene rings is 8. The largest absolute Gasteiger partial charge is 0.456 e. The van der Waals surface area contributed by atoms with Crippen LogP contribution >= 0.6 is 0 Å². The van der Waals surface area contributed by atoms with Gasteiger partial charge >= 0.3 is 0 Å². The molecule has 60 heavy (non-hydrogen) atoms. The van der Waals surface area contributed by atoms with E-state index in [0.29, 0.717) is 17.5 Å². The highest BCUT2D eigenvalue weighted by Gasteiger charge is 2.29. The Kier molecular flexibility index (Phi) is 7.91. The van der Waals surface area contributed by atoms with Gasteiger partial charge in [-0.3, -0.25) is 0 Å². The van der Waals surface area contributed by atoms with Gasteiger partial charge in [0, 0.05) is 49.7 Å². The molecular weight excluding hydrogens is 735 g/mol. The normalized spacial score (nSPS) is 13.9. The molecule has 5 heteroatoms. The molecule has 0 radical (unpaired) electrons. The van der Waals surface area contributed by atoms with Crippen LogP contribution in [0.4, 0.5) is 0 Å². The minimum atomic E-state index is 0.0883. The van der Waals surface area contributed by atoms with Crippen molar-refractivity contribution in [2.45, 2.75) is 12.3 Å². The minimum absolute atomic E-state index is 0.0883. The summed E-state index contributed by atoms with van der Waals surface area (Å²) < 4.78 is 13.2. The summed E-state index contributed by atoms with van der Waals surface area (Å²) in [4.78, 5) is 15.9. The lowest BCUT2D eigenvalue weighted by Crippen LogP contribution is -2.09. The van der Waals surface area contributed by atoms with Crippen LogP contribution in [-0.2, 0) is 0 Å². The Balaban J connectivity index is 1.07. The van der Waals surface area contributed by atoms with Crippen LogP contribution in [0.5, 0.6) is 0 Å². The molecule has 3 aromatic heterocycles. The second-order valence-corrected chi connectivity index (χ2v) is 15.4. The number of hydrogen-bond donors (Lipinski definition) is 0. The fraction of sp³-hybridized carbons (Fsp3) is 0.0364. The Morgan fingerprint density at radius 1 is 0.367 bits per heavy atom. The molecule has 0 saturated carbocycles. The molecule has 5 nitrogen and oxygen atoms in total. The van der Waals surface area contributed by atoms with Crippen LogP contribution in [0.1, 0.15) is 34.6 Å². The lowest BCUT2D eigenvalue weighted by Gasteiger charge is -2.26. The van der Waals surface area contributed by atoms with Crippen molar-refractivity contribution in [2.24, 2.45) is 0 Å². The second kappa shape index (κ2) is 13.9. The maximum atomic E-state index is 6.90. The molecule has 0 saturated heterocycles. The highest BCUT2D eigenvalue weighted by atomic mass is 16.3. The zero-order chi connectivity index (χ0) is 39.6. The van der Waals surface area contributed by atoms with Crippen LogP contribution in [0.25, 0.3) is 94.7 Å². The highest BCUT2D eigenvalue weighted by molar-refractivity contribution is 6.14. The minimum Gasteiger partial charge on any atom is -0.456 e. The van der Waals surface area contributed by atoms with E-state index in [4.69, 9.17) is 23.8 Å². The predicted molar refractivity (Wildman–Crippen MR) is 243 cm³/mol. The van der Waals surface area contributed by atoms with Crippen LogP contribution < -0.4 is 0 Å². The zero-order valence-electron chi connectivity index (χ0n) is 32.4. The fourth-order valence-corrected chi connectivity index (χ4v) is 9.16. The molecule has 0 amide bonds. The summed E-state index contributed by atoms with van der Waals surface area (Å²) in [6.45, 7) is 0. The van der Waals surface area contributed by atoms with Gasteiger partial charge < -0.3 is 8.83 Å². The third-order valence-corrected chi connectivity index (χ3v) is 12.0. The lowest BCUT2D eigenvalue weighted by atomic mass is 9.77. The van der Waals surface area contributed by atoms with E-state index in [9.17, 15) is 0 Å². The molecule has 1 unspecified atom stereocenters. The van der Waals surface area contributed by atoms with E-state index in [1.165, 1.54) is 22.3 Å². The first-order valence-corrected chi connectivity index (χ1v) is 20.4. The van der Waals surface area contributed by atoms with Crippen molar-refractivity contribution in [1.82, 2.24) is 15.0 Å². The van der Waals surface area contributed by atoms with E-state index >= 15 is 0 Å². The van der Waals surface area contributed by atoms with Gasteiger partial charge in [0.05, 0.1) is 0 Å². The first kappa shape index (κ1) is 34.2. The fourth-order valence-electron chi connectivity index (χ4n) is 9.16. The standard InChI is InChI=1S/C55H35N3O2/c1-3-14-34(15-4-1)35-26-28-37(29-27-35)53-56-54(45-22-13-25-49-50(45)43-20-9-11-23-47(43)59-49)58-55(57-53)46-33-32-42(52-51(46)44-21-10-12-24-48(44)60-52)41-31-30-38(36-16-5-2-6-17-36)39-18-7-8-19-40(39)41/h1-30,32-33,41H,31H2. The Labute approximate surface area is 346 Å². The van der Waals surface area contributed by atoms with Gasteiger partial charge in [0.2, 0.25) is 0 Å². The number of aromatic nitrogens is 3. The second-order valence-electron chi connectivity index (χ2n) is 15.4. The third kappa shape index (κ3) is 5.58. The van der Waals surface area contributed by atoms with E-state index in [1.807, 2.05) is 48.5 Å². The van der Waals surface area contributed by atoms with E-state index in [2.05, 4.69) is 146 Å². The Morgan fingerprint density at radius 2 is 0.917 bits per heavy atom. The van der Waals surface area contributed by atoms with Gasteiger partial charge in [-0.1, -0.05) is 170 Å². The Morgan fingerprint density at radius 3 is 1.68 bits per heavy atom. The molecule has 1 atom stereocenters. The average molecular weight is 770 g/mol. The molecular formula is C55H35N3O2. The number of allylic oxidation sites excluding steroid dienone is 1. The van der Waals surface area contributed by atoms with Crippen molar-refractivity contribution < 1.29 is 8.83 Å². The molecule has 0 aliphatic heterocycles. The Hall–Kier alpha value is -7.89. The maximum Gasteiger partial charge on any atom is 0.164 e. The molecule has 1 aliphatic rings. The van der Waals surface area contributed by atoms with E-state index < -0.39 is 0 Å². The number of hydrogen-bond acceptors (Lipinski definition) is 5. The summed E-state index contributed by atoms with van der Waals surface area (Å²) in [5.74, 6) is 1.82. The van der Waals surface area contributed by atoms with Gasteiger partial charge in [0.1, 0.15) is 22.3 Å². The van der Waals surface area contributed by atoms with Gasteiger partial charge in [0.25, 0.3) is 0 Å². The summed E-state index contributed by atoms with van der Waals surface area (Å²) in [6, 6.07) is 65.3.